The molecule has 0 atom stereocenters. The fourth-order valence-corrected chi connectivity index (χ4v) is 2.29. The van der Waals surface area contributed by atoms with Crippen molar-refractivity contribution in [2.75, 3.05) is 13.2 Å². The maximum absolute atomic E-state index is 12.0. The number of urea groups is 1. The first kappa shape index (κ1) is 15.4. The maximum atomic E-state index is 12.0. The third-order valence-electron chi connectivity index (χ3n) is 3.57. The monoisotopic (exact) mass is 290 g/mol. The number of aryl methyl sites for hydroxylation is 2. The highest BCUT2D eigenvalue weighted by molar-refractivity contribution is 6.06. The van der Waals surface area contributed by atoms with E-state index in [1.807, 2.05) is 32.0 Å². The fraction of sp³-hybridized carbons (Fsp3) is 0.500. The van der Waals surface area contributed by atoms with E-state index in [9.17, 15) is 9.59 Å². The predicted molar refractivity (Wildman–Crippen MR) is 80.4 cm³/mol. The molecule has 1 saturated heterocycles. The van der Waals surface area contributed by atoms with Crippen LogP contribution in [-0.2, 0) is 4.79 Å². The van der Waals surface area contributed by atoms with E-state index < -0.39 is 5.54 Å². The number of nitrogens with one attached hydrogen (secondary N) is 1. The Kier molecular flexibility index (Phi) is 4.21. The van der Waals surface area contributed by atoms with Crippen LogP contribution in [-0.4, -0.2) is 35.5 Å². The van der Waals surface area contributed by atoms with Gasteiger partial charge < -0.3 is 10.1 Å². The quantitative estimate of drug-likeness (QED) is 0.669. The van der Waals surface area contributed by atoms with Gasteiger partial charge in [0.2, 0.25) is 0 Å². The molecule has 1 aliphatic rings. The largest absolute Gasteiger partial charge is 0.493 e. The van der Waals surface area contributed by atoms with E-state index in [0.717, 1.165) is 16.9 Å². The summed E-state index contributed by atoms with van der Waals surface area (Å²) in [6.45, 7) is 8.27. The molecular weight excluding hydrogens is 268 g/mol. The van der Waals surface area contributed by atoms with Gasteiger partial charge >= 0.3 is 6.03 Å². The zero-order chi connectivity index (χ0) is 15.6. The van der Waals surface area contributed by atoms with Crippen molar-refractivity contribution in [2.45, 2.75) is 39.7 Å². The van der Waals surface area contributed by atoms with Crippen molar-refractivity contribution < 1.29 is 14.3 Å². The van der Waals surface area contributed by atoms with Crippen molar-refractivity contribution in [1.29, 1.82) is 0 Å². The van der Waals surface area contributed by atoms with Crippen LogP contribution in [0.25, 0.3) is 0 Å². The van der Waals surface area contributed by atoms with E-state index >= 15 is 0 Å². The van der Waals surface area contributed by atoms with Crippen molar-refractivity contribution in [3.63, 3.8) is 0 Å². The molecule has 0 aromatic heterocycles. The molecule has 0 aliphatic carbocycles. The van der Waals surface area contributed by atoms with Gasteiger partial charge in [-0.2, -0.15) is 0 Å². The summed E-state index contributed by atoms with van der Waals surface area (Å²) < 4.78 is 5.73. The molecular formula is C16H22N2O3. The minimum absolute atomic E-state index is 0.181. The van der Waals surface area contributed by atoms with Gasteiger partial charge in [-0.1, -0.05) is 12.1 Å². The van der Waals surface area contributed by atoms with Gasteiger partial charge in [0, 0.05) is 6.54 Å². The molecule has 21 heavy (non-hydrogen) atoms. The Morgan fingerprint density at radius 2 is 1.95 bits per heavy atom. The average molecular weight is 290 g/mol. The molecule has 0 spiro atoms. The predicted octanol–water partition coefficient (Wildman–Crippen LogP) is 2.40. The van der Waals surface area contributed by atoms with Crippen LogP contribution in [0.3, 0.4) is 0 Å². The van der Waals surface area contributed by atoms with Crippen LogP contribution in [0, 0.1) is 13.8 Å². The van der Waals surface area contributed by atoms with Gasteiger partial charge in [0.25, 0.3) is 5.91 Å². The number of hydrogen-bond acceptors (Lipinski definition) is 3. The molecule has 1 fully saturated rings. The van der Waals surface area contributed by atoms with Gasteiger partial charge in [-0.05, 0) is 51.3 Å². The molecule has 0 radical (unpaired) electrons. The Bertz CT molecular complexity index is 567. The number of amides is 3. The summed E-state index contributed by atoms with van der Waals surface area (Å²) in [4.78, 5) is 25.0. The highest BCUT2D eigenvalue weighted by Crippen LogP contribution is 2.20. The molecule has 0 saturated carbocycles. The van der Waals surface area contributed by atoms with Crippen molar-refractivity contribution in [3.05, 3.63) is 29.3 Å². The maximum Gasteiger partial charge on any atom is 0.325 e. The molecule has 1 N–H and O–H groups in total. The second-order valence-corrected chi connectivity index (χ2v) is 5.98. The number of ether oxygens (including phenoxy) is 1. The highest BCUT2D eigenvalue weighted by Gasteiger charge is 2.43. The highest BCUT2D eigenvalue weighted by atomic mass is 16.5. The van der Waals surface area contributed by atoms with Gasteiger partial charge in [-0.25, -0.2) is 4.79 Å². The van der Waals surface area contributed by atoms with Gasteiger partial charge in [0.1, 0.15) is 11.3 Å². The standard InChI is InChI=1S/C16H22N2O3/c1-11-6-7-12(2)13(10-11)21-9-5-8-18-14(19)16(3,4)17-15(18)20/h6-7,10H,5,8-9H2,1-4H3,(H,17,20). The normalized spacial score (nSPS) is 17.0. The Morgan fingerprint density at radius 3 is 2.57 bits per heavy atom. The third-order valence-corrected chi connectivity index (χ3v) is 3.57. The average Bonchev–Trinajstić information content (AvgIpc) is 2.59. The zero-order valence-corrected chi connectivity index (χ0v) is 13.0. The molecule has 1 aliphatic heterocycles. The SMILES string of the molecule is Cc1ccc(C)c(OCCCN2C(=O)NC(C)(C)C2=O)c1. The lowest BCUT2D eigenvalue weighted by Crippen LogP contribution is -2.40. The molecule has 1 aromatic rings. The molecule has 2 rings (SSSR count). The van der Waals surface area contributed by atoms with Crippen LogP contribution >= 0.6 is 0 Å². The molecule has 114 valence electrons. The van der Waals surface area contributed by atoms with Gasteiger partial charge in [0.15, 0.2) is 0 Å². The van der Waals surface area contributed by atoms with Crippen LogP contribution in [0.2, 0.25) is 0 Å². The second-order valence-electron chi connectivity index (χ2n) is 5.98. The Morgan fingerprint density at radius 1 is 1.24 bits per heavy atom. The fourth-order valence-electron chi connectivity index (χ4n) is 2.29. The number of hydrogen-bond donors (Lipinski definition) is 1. The van der Waals surface area contributed by atoms with Gasteiger partial charge in [0.05, 0.1) is 6.61 Å². The molecule has 3 amide bonds. The minimum Gasteiger partial charge on any atom is -0.493 e. The molecule has 1 aromatic carbocycles. The Balaban J connectivity index is 1.84. The van der Waals surface area contributed by atoms with E-state index in [4.69, 9.17) is 4.74 Å². The first-order valence-corrected chi connectivity index (χ1v) is 7.15. The lowest BCUT2D eigenvalue weighted by atomic mass is 10.1. The summed E-state index contributed by atoms with van der Waals surface area (Å²) >= 11 is 0. The van der Waals surface area contributed by atoms with Crippen LogP contribution < -0.4 is 10.1 Å². The van der Waals surface area contributed by atoms with Crippen LogP contribution in [0.15, 0.2) is 18.2 Å². The van der Waals surface area contributed by atoms with Crippen LogP contribution in [0.1, 0.15) is 31.4 Å². The first-order valence-electron chi connectivity index (χ1n) is 7.15. The number of rotatable bonds is 5. The van der Waals surface area contributed by atoms with Crippen LogP contribution in [0.4, 0.5) is 4.79 Å². The van der Waals surface area contributed by atoms with E-state index in [1.165, 1.54) is 4.90 Å². The van der Waals surface area contributed by atoms with E-state index in [1.54, 1.807) is 13.8 Å². The van der Waals surface area contributed by atoms with Gasteiger partial charge in [-0.3, -0.25) is 9.69 Å². The summed E-state index contributed by atoms with van der Waals surface area (Å²) in [5.41, 5.74) is 1.42. The second kappa shape index (κ2) is 5.76. The smallest absolute Gasteiger partial charge is 0.325 e. The molecule has 1 heterocycles. The summed E-state index contributed by atoms with van der Waals surface area (Å²) in [7, 11) is 0. The Labute approximate surface area is 125 Å². The number of benzene rings is 1. The minimum atomic E-state index is -0.801. The van der Waals surface area contributed by atoms with Crippen molar-refractivity contribution in [3.8, 4) is 5.75 Å². The van der Waals surface area contributed by atoms with E-state index in [2.05, 4.69) is 5.32 Å². The molecule has 0 bridgehead atoms. The number of imide groups is 1. The van der Waals surface area contributed by atoms with E-state index in [0.29, 0.717) is 19.6 Å². The molecule has 5 heteroatoms. The summed E-state index contributed by atoms with van der Waals surface area (Å²) in [5, 5.41) is 2.66. The summed E-state index contributed by atoms with van der Waals surface area (Å²) in [5.74, 6) is 0.673. The summed E-state index contributed by atoms with van der Waals surface area (Å²) in [6, 6.07) is 5.73. The Hall–Kier alpha value is -2.04. The third kappa shape index (κ3) is 3.35. The number of carbonyl (C=O) groups is 2. The molecule has 0 unspecified atom stereocenters. The van der Waals surface area contributed by atoms with Crippen molar-refractivity contribution in [2.24, 2.45) is 0 Å². The first-order chi connectivity index (χ1) is 9.81. The van der Waals surface area contributed by atoms with E-state index in [-0.39, 0.29) is 11.9 Å². The zero-order valence-electron chi connectivity index (χ0n) is 13.0. The van der Waals surface area contributed by atoms with Crippen LogP contribution in [0.5, 0.6) is 5.75 Å². The summed E-state index contributed by atoms with van der Waals surface area (Å²) in [6.07, 6.45) is 0.614. The number of carbonyl (C=O) groups excluding carboxylic acids is 2. The number of nitrogens with zero attached hydrogens (tertiary/aromatic N) is 1. The molecule has 5 nitrogen and oxygen atoms in total. The topological polar surface area (TPSA) is 58.6 Å². The lowest BCUT2D eigenvalue weighted by Gasteiger charge is -2.16. The van der Waals surface area contributed by atoms with Crippen molar-refractivity contribution in [1.82, 2.24) is 10.2 Å². The van der Waals surface area contributed by atoms with Gasteiger partial charge in [-0.15, -0.1) is 0 Å². The van der Waals surface area contributed by atoms with Crippen molar-refractivity contribution >= 4 is 11.9 Å². The lowest BCUT2D eigenvalue weighted by molar-refractivity contribution is -0.130.